The maximum absolute atomic E-state index is 9.57. The predicted molar refractivity (Wildman–Crippen MR) is 32.8 cm³/mol. The molecule has 0 bridgehead atoms. The molecule has 0 aliphatic carbocycles. The first-order valence-corrected chi connectivity index (χ1v) is 2.30. The Kier molecular flexibility index (Phi) is 12.9. The van der Waals surface area contributed by atoms with Gasteiger partial charge in [-0.15, -0.1) is 0 Å². The summed E-state index contributed by atoms with van der Waals surface area (Å²) in [5.41, 5.74) is 0. The number of carbonyl (C=O) groups is 1. The van der Waals surface area contributed by atoms with E-state index in [9.17, 15) is 4.79 Å². The maximum atomic E-state index is 9.57. The van der Waals surface area contributed by atoms with Gasteiger partial charge in [-0.05, 0) is 14.1 Å². The summed E-state index contributed by atoms with van der Waals surface area (Å²) in [6, 6.07) is 0. The number of likely N-dealkylation sites (N-methyl/N-ethyl adjacent to an activating group) is 1. The number of hydrogen-bond acceptors (Lipinski definition) is 3. The minimum atomic E-state index is 0.528. The van der Waals surface area contributed by atoms with Crippen LogP contribution in [0.1, 0.15) is 0 Å². The highest BCUT2D eigenvalue weighted by Crippen LogP contribution is 1.62. The van der Waals surface area contributed by atoms with E-state index in [0.29, 0.717) is 6.54 Å². The van der Waals surface area contributed by atoms with Gasteiger partial charge in [-0.25, -0.2) is 0 Å². The third-order valence-electron chi connectivity index (χ3n) is 0.440. The van der Waals surface area contributed by atoms with Crippen molar-refractivity contribution in [3.8, 4) is 0 Å². The van der Waals surface area contributed by atoms with E-state index >= 15 is 0 Å². The summed E-state index contributed by atoms with van der Waals surface area (Å²) in [5, 5.41) is 7.00. The van der Waals surface area contributed by atoms with Crippen LogP contribution >= 0.6 is 0 Å². The van der Waals surface area contributed by atoms with Crippen LogP contribution in [-0.4, -0.2) is 44.0 Å². The van der Waals surface area contributed by atoms with Gasteiger partial charge in [-0.1, -0.05) is 0 Å². The lowest BCUT2D eigenvalue weighted by Gasteiger charge is -1.99. The molecule has 50 valence electrons. The quantitative estimate of drug-likeness (QED) is 0.491. The van der Waals surface area contributed by atoms with Crippen LogP contribution in [0.3, 0.4) is 0 Å². The van der Waals surface area contributed by atoms with E-state index in [1.807, 2.05) is 19.0 Å². The fraction of sp³-hybridized carbons (Fsp3) is 0.800. The van der Waals surface area contributed by atoms with Gasteiger partial charge in [0.1, 0.15) is 6.29 Å². The second kappa shape index (κ2) is 9.77. The minimum Gasteiger partial charge on any atom is -0.400 e. The number of hydrogen-bond donors (Lipinski definition) is 1. The normalized spacial score (nSPS) is 7.62. The Balaban J connectivity index is 0. The van der Waals surface area contributed by atoms with Crippen LogP contribution in [0.25, 0.3) is 0 Å². The number of aliphatic hydroxyl groups excluding tert-OH is 1. The van der Waals surface area contributed by atoms with Crippen LogP contribution in [0, 0.1) is 0 Å². The molecule has 0 amide bonds. The first kappa shape index (κ1) is 10.5. The van der Waals surface area contributed by atoms with Gasteiger partial charge in [0.2, 0.25) is 0 Å². The van der Waals surface area contributed by atoms with E-state index in [1.165, 1.54) is 0 Å². The number of rotatable bonds is 2. The Hall–Kier alpha value is -0.410. The number of carbonyl (C=O) groups excluding carboxylic acids is 1. The lowest BCUT2D eigenvalue weighted by molar-refractivity contribution is -0.108. The fourth-order valence-corrected chi connectivity index (χ4v) is 0.149. The average molecular weight is 119 g/mol. The molecule has 0 fully saturated rings. The topological polar surface area (TPSA) is 40.5 Å². The van der Waals surface area contributed by atoms with E-state index in [0.717, 1.165) is 13.4 Å². The summed E-state index contributed by atoms with van der Waals surface area (Å²) in [6.45, 7) is 0.528. The number of nitrogens with zero attached hydrogens (tertiary/aromatic N) is 1. The van der Waals surface area contributed by atoms with Crippen molar-refractivity contribution in [3.63, 3.8) is 0 Å². The fourth-order valence-electron chi connectivity index (χ4n) is 0.149. The smallest absolute Gasteiger partial charge is 0.133 e. The molecule has 1 N–H and O–H groups in total. The molecule has 0 aromatic carbocycles. The van der Waals surface area contributed by atoms with Crippen molar-refractivity contribution in [2.75, 3.05) is 27.7 Å². The Labute approximate surface area is 49.9 Å². The van der Waals surface area contributed by atoms with Gasteiger partial charge in [0, 0.05) is 7.11 Å². The molecular weight excluding hydrogens is 106 g/mol. The Morgan fingerprint density at radius 3 is 1.88 bits per heavy atom. The maximum Gasteiger partial charge on any atom is 0.133 e. The third kappa shape index (κ3) is 17.6. The lowest BCUT2D eigenvalue weighted by atomic mass is 10.7. The minimum absolute atomic E-state index is 0.528. The standard InChI is InChI=1S/C4H9NO.CH4O/c1-5(2)3-4-6;1-2/h4H,3H2,1-2H3;2H,1H3. The molecule has 0 saturated heterocycles. The summed E-state index contributed by atoms with van der Waals surface area (Å²) in [7, 11) is 4.71. The zero-order valence-electron chi connectivity index (χ0n) is 5.59. The molecule has 0 aliphatic rings. The largest absolute Gasteiger partial charge is 0.400 e. The van der Waals surface area contributed by atoms with Crippen molar-refractivity contribution in [1.29, 1.82) is 0 Å². The molecule has 0 atom stereocenters. The molecule has 3 nitrogen and oxygen atoms in total. The predicted octanol–water partition coefficient (Wildman–Crippen LogP) is -0.645. The molecule has 0 heterocycles. The molecule has 8 heavy (non-hydrogen) atoms. The zero-order chi connectivity index (χ0) is 6.99. The molecule has 0 spiro atoms. The Bertz CT molecular complexity index is 45.7. The van der Waals surface area contributed by atoms with E-state index in [4.69, 9.17) is 5.11 Å². The summed E-state index contributed by atoms with van der Waals surface area (Å²) in [5.74, 6) is 0. The van der Waals surface area contributed by atoms with Crippen molar-refractivity contribution in [2.45, 2.75) is 0 Å². The lowest BCUT2D eigenvalue weighted by Crippen LogP contribution is -2.13. The summed E-state index contributed by atoms with van der Waals surface area (Å²) >= 11 is 0. The zero-order valence-corrected chi connectivity index (χ0v) is 5.59. The Morgan fingerprint density at radius 1 is 1.50 bits per heavy atom. The average Bonchev–Trinajstić information content (AvgIpc) is 1.72. The van der Waals surface area contributed by atoms with Gasteiger partial charge < -0.3 is 14.8 Å². The van der Waals surface area contributed by atoms with Crippen molar-refractivity contribution < 1.29 is 9.90 Å². The summed E-state index contributed by atoms with van der Waals surface area (Å²) < 4.78 is 0. The van der Waals surface area contributed by atoms with Gasteiger partial charge in [0.15, 0.2) is 0 Å². The molecule has 0 saturated carbocycles. The number of aliphatic hydroxyl groups is 1. The van der Waals surface area contributed by atoms with Crippen molar-refractivity contribution in [1.82, 2.24) is 4.90 Å². The summed E-state index contributed by atoms with van der Waals surface area (Å²) in [6.07, 6.45) is 0.875. The van der Waals surface area contributed by atoms with E-state index < -0.39 is 0 Å². The van der Waals surface area contributed by atoms with Crippen LogP contribution in [0.15, 0.2) is 0 Å². The van der Waals surface area contributed by atoms with Gasteiger partial charge in [-0.3, -0.25) is 0 Å². The molecule has 0 aromatic heterocycles. The van der Waals surface area contributed by atoms with Gasteiger partial charge in [0.25, 0.3) is 0 Å². The third-order valence-corrected chi connectivity index (χ3v) is 0.440. The molecule has 0 unspecified atom stereocenters. The summed E-state index contributed by atoms with van der Waals surface area (Å²) in [4.78, 5) is 11.4. The van der Waals surface area contributed by atoms with Gasteiger partial charge in [-0.2, -0.15) is 0 Å². The van der Waals surface area contributed by atoms with Crippen LogP contribution < -0.4 is 0 Å². The van der Waals surface area contributed by atoms with Crippen molar-refractivity contribution in [2.24, 2.45) is 0 Å². The van der Waals surface area contributed by atoms with Gasteiger partial charge in [0.05, 0.1) is 6.54 Å². The van der Waals surface area contributed by atoms with Crippen molar-refractivity contribution >= 4 is 6.29 Å². The second-order valence-electron chi connectivity index (χ2n) is 1.43. The van der Waals surface area contributed by atoms with Gasteiger partial charge >= 0.3 is 0 Å². The highest BCUT2D eigenvalue weighted by molar-refractivity contribution is 5.51. The van der Waals surface area contributed by atoms with E-state index in [2.05, 4.69) is 0 Å². The van der Waals surface area contributed by atoms with E-state index in [-0.39, 0.29) is 0 Å². The van der Waals surface area contributed by atoms with Crippen molar-refractivity contribution in [3.05, 3.63) is 0 Å². The Morgan fingerprint density at radius 2 is 1.88 bits per heavy atom. The molecule has 0 radical (unpaired) electrons. The van der Waals surface area contributed by atoms with E-state index in [1.54, 1.807) is 0 Å². The van der Waals surface area contributed by atoms with Crippen LogP contribution in [-0.2, 0) is 4.79 Å². The number of aldehydes is 1. The molecular formula is C5H13NO2. The first-order valence-electron chi connectivity index (χ1n) is 2.30. The van der Waals surface area contributed by atoms with Crippen LogP contribution in [0.5, 0.6) is 0 Å². The molecule has 3 heteroatoms. The monoisotopic (exact) mass is 119 g/mol. The van der Waals surface area contributed by atoms with Crippen LogP contribution in [0.2, 0.25) is 0 Å². The van der Waals surface area contributed by atoms with Crippen LogP contribution in [0.4, 0.5) is 0 Å². The molecule has 0 aliphatic heterocycles. The SMILES string of the molecule is CN(C)CC=O.CO. The highest BCUT2D eigenvalue weighted by Gasteiger charge is 1.79. The molecule has 0 aromatic rings. The second-order valence-corrected chi connectivity index (χ2v) is 1.43. The molecule has 0 rings (SSSR count). The highest BCUT2D eigenvalue weighted by atomic mass is 16.2. The first-order chi connectivity index (χ1) is 3.77.